The lowest BCUT2D eigenvalue weighted by atomic mass is 10.2. The summed E-state index contributed by atoms with van der Waals surface area (Å²) in [6.07, 6.45) is 0.128. The number of para-hydroxylation sites is 1. The fraction of sp³-hybridized carbons (Fsp3) is 0.357. The summed E-state index contributed by atoms with van der Waals surface area (Å²) in [6.45, 7) is 3.29. The number of hydrogen-bond donors (Lipinski definition) is 0. The van der Waals surface area contributed by atoms with Crippen molar-refractivity contribution in [2.75, 3.05) is 13.2 Å². The Hall–Kier alpha value is -2.37. The van der Waals surface area contributed by atoms with Crippen LogP contribution in [-0.2, 0) is 22.5 Å². The number of benzene rings is 1. The van der Waals surface area contributed by atoms with Crippen molar-refractivity contribution in [3.05, 3.63) is 30.1 Å². The van der Waals surface area contributed by atoms with E-state index in [1.54, 1.807) is 6.92 Å². The average molecular weight is 273 g/mol. The molecule has 0 radical (unpaired) electrons. The van der Waals surface area contributed by atoms with E-state index in [1.165, 1.54) is 0 Å². The molecule has 6 nitrogen and oxygen atoms in total. The number of carbonyl (C=O) groups is 1. The molecular weight excluding hydrogens is 258 g/mol. The molecule has 3 rings (SSSR count). The lowest BCUT2D eigenvalue weighted by molar-refractivity contribution is -0.142. The molecule has 2 aromatic rings. The molecule has 0 spiro atoms. The number of aromatic nitrogens is 3. The van der Waals surface area contributed by atoms with Crippen molar-refractivity contribution in [1.29, 1.82) is 0 Å². The molecule has 1 aromatic carbocycles. The minimum atomic E-state index is -0.291. The zero-order valence-electron chi connectivity index (χ0n) is 11.2. The standard InChI is InChI=1S/C14H15N3O3/c1-2-19-13(18)9-12-15-16-14-10-5-3-4-6-11(10)20-8-7-17(12)14/h3-6H,2,7-9H2,1H3. The second-order valence-electron chi connectivity index (χ2n) is 4.42. The molecule has 2 heterocycles. The molecule has 1 aliphatic heterocycles. The Labute approximate surface area is 116 Å². The van der Waals surface area contributed by atoms with Gasteiger partial charge in [-0.15, -0.1) is 10.2 Å². The van der Waals surface area contributed by atoms with Crippen LogP contribution in [-0.4, -0.2) is 33.9 Å². The van der Waals surface area contributed by atoms with Crippen molar-refractivity contribution >= 4 is 5.97 Å². The van der Waals surface area contributed by atoms with Gasteiger partial charge in [-0.05, 0) is 19.1 Å². The van der Waals surface area contributed by atoms with Crippen LogP contribution in [0.5, 0.6) is 5.75 Å². The largest absolute Gasteiger partial charge is 0.491 e. The van der Waals surface area contributed by atoms with E-state index in [1.807, 2.05) is 28.8 Å². The Morgan fingerprint density at radius 1 is 1.40 bits per heavy atom. The number of ether oxygens (including phenoxy) is 2. The van der Waals surface area contributed by atoms with Gasteiger partial charge < -0.3 is 14.0 Å². The third kappa shape index (κ3) is 2.24. The van der Waals surface area contributed by atoms with Crippen LogP contribution in [0.25, 0.3) is 11.4 Å². The molecule has 0 saturated carbocycles. The summed E-state index contributed by atoms with van der Waals surface area (Å²) in [4.78, 5) is 11.6. The fourth-order valence-corrected chi connectivity index (χ4v) is 2.27. The van der Waals surface area contributed by atoms with Crippen molar-refractivity contribution in [2.24, 2.45) is 0 Å². The Morgan fingerprint density at radius 3 is 3.10 bits per heavy atom. The summed E-state index contributed by atoms with van der Waals surface area (Å²) in [6, 6.07) is 7.70. The van der Waals surface area contributed by atoms with E-state index in [2.05, 4.69) is 10.2 Å². The Bertz CT molecular complexity index is 636. The summed E-state index contributed by atoms with van der Waals surface area (Å²) in [5.74, 6) is 1.85. The molecular formula is C14H15N3O3. The Balaban J connectivity index is 1.96. The highest BCUT2D eigenvalue weighted by Gasteiger charge is 2.21. The molecule has 1 aromatic heterocycles. The molecule has 0 aliphatic carbocycles. The second-order valence-corrected chi connectivity index (χ2v) is 4.42. The monoisotopic (exact) mass is 273 g/mol. The van der Waals surface area contributed by atoms with Gasteiger partial charge >= 0.3 is 5.97 Å². The third-order valence-electron chi connectivity index (χ3n) is 3.14. The Kier molecular flexibility index (Phi) is 3.37. The van der Waals surface area contributed by atoms with Gasteiger partial charge in [0.2, 0.25) is 0 Å². The summed E-state index contributed by atoms with van der Waals surface area (Å²) in [5.41, 5.74) is 0.896. The van der Waals surface area contributed by atoms with Gasteiger partial charge in [-0.3, -0.25) is 4.79 Å². The van der Waals surface area contributed by atoms with Gasteiger partial charge in [0.1, 0.15) is 24.6 Å². The number of hydrogen-bond acceptors (Lipinski definition) is 5. The van der Waals surface area contributed by atoms with Gasteiger partial charge in [0.25, 0.3) is 0 Å². The summed E-state index contributed by atoms with van der Waals surface area (Å²) >= 11 is 0. The topological polar surface area (TPSA) is 66.2 Å². The first kappa shape index (κ1) is 12.7. The van der Waals surface area contributed by atoms with Gasteiger partial charge in [0.15, 0.2) is 5.82 Å². The van der Waals surface area contributed by atoms with Crippen LogP contribution in [0.2, 0.25) is 0 Å². The molecule has 0 fully saturated rings. The minimum Gasteiger partial charge on any atom is -0.491 e. The number of nitrogens with zero attached hydrogens (tertiary/aromatic N) is 3. The summed E-state index contributed by atoms with van der Waals surface area (Å²) in [7, 11) is 0. The molecule has 0 unspecified atom stereocenters. The van der Waals surface area contributed by atoms with E-state index >= 15 is 0 Å². The minimum absolute atomic E-state index is 0.128. The van der Waals surface area contributed by atoms with Gasteiger partial charge in [-0.2, -0.15) is 0 Å². The molecule has 1 aliphatic rings. The number of carbonyl (C=O) groups excluding carboxylic acids is 1. The van der Waals surface area contributed by atoms with Crippen LogP contribution >= 0.6 is 0 Å². The van der Waals surface area contributed by atoms with E-state index in [-0.39, 0.29) is 12.4 Å². The maximum atomic E-state index is 11.6. The normalized spacial score (nSPS) is 12.8. The van der Waals surface area contributed by atoms with Crippen LogP contribution in [0.15, 0.2) is 24.3 Å². The summed E-state index contributed by atoms with van der Waals surface area (Å²) < 4.78 is 12.6. The van der Waals surface area contributed by atoms with Crippen molar-refractivity contribution in [2.45, 2.75) is 19.9 Å². The van der Waals surface area contributed by atoms with Gasteiger partial charge in [-0.1, -0.05) is 12.1 Å². The first-order valence-corrected chi connectivity index (χ1v) is 6.59. The lowest BCUT2D eigenvalue weighted by Crippen LogP contribution is -2.15. The molecule has 0 atom stereocenters. The third-order valence-corrected chi connectivity index (χ3v) is 3.14. The lowest BCUT2D eigenvalue weighted by Gasteiger charge is -2.06. The molecule has 20 heavy (non-hydrogen) atoms. The van der Waals surface area contributed by atoms with Crippen molar-refractivity contribution in [1.82, 2.24) is 14.8 Å². The van der Waals surface area contributed by atoms with E-state index in [4.69, 9.17) is 9.47 Å². The van der Waals surface area contributed by atoms with Crippen LogP contribution in [0, 0.1) is 0 Å². The summed E-state index contributed by atoms with van der Waals surface area (Å²) in [5, 5.41) is 8.31. The van der Waals surface area contributed by atoms with E-state index in [0.717, 1.165) is 17.1 Å². The second kappa shape index (κ2) is 5.32. The van der Waals surface area contributed by atoms with Crippen molar-refractivity contribution in [3.8, 4) is 17.1 Å². The zero-order valence-corrected chi connectivity index (χ0v) is 11.2. The average Bonchev–Trinajstić information content (AvgIpc) is 2.73. The van der Waals surface area contributed by atoms with Crippen molar-refractivity contribution < 1.29 is 14.3 Å². The first-order chi connectivity index (χ1) is 9.79. The maximum Gasteiger partial charge on any atom is 0.313 e. The molecule has 0 bridgehead atoms. The fourth-order valence-electron chi connectivity index (χ4n) is 2.27. The SMILES string of the molecule is CCOC(=O)Cc1nnc2n1CCOc1ccccc1-2. The first-order valence-electron chi connectivity index (χ1n) is 6.59. The quantitative estimate of drug-likeness (QED) is 0.792. The Morgan fingerprint density at radius 2 is 2.25 bits per heavy atom. The molecule has 0 amide bonds. The van der Waals surface area contributed by atoms with Crippen molar-refractivity contribution in [3.63, 3.8) is 0 Å². The van der Waals surface area contributed by atoms with Crippen LogP contribution in [0.1, 0.15) is 12.7 Å². The van der Waals surface area contributed by atoms with Gasteiger partial charge in [0, 0.05) is 0 Å². The number of esters is 1. The predicted molar refractivity (Wildman–Crippen MR) is 71.3 cm³/mol. The highest BCUT2D eigenvalue weighted by atomic mass is 16.5. The molecule has 0 saturated heterocycles. The van der Waals surface area contributed by atoms with Crippen LogP contribution in [0.4, 0.5) is 0 Å². The van der Waals surface area contributed by atoms with E-state index in [9.17, 15) is 4.79 Å². The van der Waals surface area contributed by atoms with E-state index in [0.29, 0.717) is 25.6 Å². The van der Waals surface area contributed by atoms with Gasteiger partial charge in [0.05, 0.1) is 18.7 Å². The molecule has 6 heteroatoms. The van der Waals surface area contributed by atoms with Crippen LogP contribution in [0.3, 0.4) is 0 Å². The molecule has 0 N–H and O–H groups in total. The van der Waals surface area contributed by atoms with Crippen LogP contribution < -0.4 is 4.74 Å². The smallest absolute Gasteiger partial charge is 0.313 e. The maximum absolute atomic E-state index is 11.6. The van der Waals surface area contributed by atoms with E-state index < -0.39 is 0 Å². The van der Waals surface area contributed by atoms with Gasteiger partial charge in [-0.25, -0.2) is 0 Å². The molecule has 104 valence electrons. The zero-order chi connectivity index (χ0) is 13.9. The number of rotatable bonds is 3. The highest BCUT2D eigenvalue weighted by molar-refractivity contribution is 5.72. The predicted octanol–water partition coefficient (Wildman–Crippen LogP) is 1.44. The number of fused-ring (bicyclic) bond motifs is 3. The highest BCUT2D eigenvalue weighted by Crippen LogP contribution is 2.31.